The predicted molar refractivity (Wildman–Crippen MR) is 64.9 cm³/mol. The van der Waals surface area contributed by atoms with Crippen LogP contribution in [0.5, 0.6) is 5.75 Å². The van der Waals surface area contributed by atoms with Crippen LogP contribution in [0.4, 0.5) is 0 Å². The van der Waals surface area contributed by atoms with Gasteiger partial charge in [0, 0.05) is 13.2 Å². The molecule has 0 spiro atoms. The lowest BCUT2D eigenvalue weighted by molar-refractivity contribution is 0.0964. The molecule has 0 fully saturated rings. The van der Waals surface area contributed by atoms with Gasteiger partial charge in [-0.25, -0.2) is 0 Å². The zero-order valence-electron chi connectivity index (χ0n) is 10.2. The summed E-state index contributed by atoms with van der Waals surface area (Å²) < 4.78 is 6.82. The zero-order valence-corrected chi connectivity index (χ0v) is 10.2. The number of aromatic nitrogens is 2. The predicted octanol–water partition coefficient (Wildman–Crippen LogP) is 1.68. The number of hydrogen-bond donors (Lipinski definition) is 1. The van der Waals surface area contributed by atoms with Gasteiger partial charge < -0.3 is 9.84 Å². The van der Waals surface area contributed by atoms with Crippen molar-refractivity contribution < 1.29 is 9.84 Å². The van der Waals surface area contributed by atoms with Crippen molar-refractivity contribution in [3.05, 3.63) is 47.8 Å². The average Bonchev–Trinajstić information content (AvgIpc) is 2.76. The number of aryl methyl sites for hydroxylation is 1. The Labute approximate surface area is 100 Å². The third kappa shape index (κ3) is 2.17. The Hall–Kier alpha value is -1.81. The highest BCUT2D eigenvalue weighted by Crippen LogP contribution is 2.29. The zero-order chi connectivity index (χ0) is 12.5. The molecule has 0 aliphatic carbocycles. The van der Waals surface area contributed by atoms with Crippen molar-refractivity contribution >= 4 is 0 Å². The summed E-state index contributed by atoms with van der Waals surface area (Å²) in [5, 5.41) is 14.8. The van der Waals surface area contributed by atoms with Crippen LogP contribution in [0.1, 0.15) is 18.2 Å². The summed E-state index contributed by atoms with van der Waals surface area (Å²) in [7, 11) is 3.43. The number of hydrogen-bond acceptors (Lipinski definition) is 3. The smallest absolute Gasteiger partial charge is 0.131 e. The Morgan fingerprint density at radius 2 is 2.12 bits per heavy atom. The van der Waals surface area contributed by atoms with E-state index in [9.17, 15) is 5.11 Å². The summed E-state index contributed by atoms with van der Waals surface area (Å²) in [5.41, 5.74) is 0.263. The van der Waals surface area contributed by atoms with Crippen molar-refractivity contribution in [2.75, 3.05) is 7.11 Å². The van der Waals surface area contributed by atoms with Crippen LogP contribution in [0, 0.1) is 0 Å². The first-order valence-electron chi connectivity index (χ1n) is 5.41. The van der Waals surface area contributed by atoms with Gasteiger partial charge >= 0.3 is 0 Å². The molecule has 1 aromatic carbocycles. The lowest BCUT2D eigenvalue weighted by Gasteiger charge is -2.22. The van der Waals surface area contributed by atoms with E-state index < -0.39 is 5.60 Å². The molecule has 2 aromatic rings. The molecule has 1 N–H and O–H groups in total. The maximum atomic E-state index is 10.6. The van der Waals surface area contributed by atoms with E-state index in [1.807, 2.05) is 37.5 Å². The number of nitrogens with zero attached hydrogens (tertiary/aromatic N) is 2. The molecule has 0 aliphatic heterocycles. The molecule has 0 radical (unpaired) electrons. The first-order chi connectivity index (χ1) is 8.04. The van der Waals surface area contributed by atoms with Crippen molar-refractivity contribution in [2.45, 2.75) is 12.5 Å². The van der Waals surface area contributed by atoms with E-state index >= 15 is 0 Å². The minimum atomic E-state index is -1.12. The van der Waals surface area contributed by atoms with Gasteiger partial charge in [0.05, 0.1) is 12.8 Å². The summed E-state index contributed by atoms with van der Waals surface area (Å²) >= 11 is 0. The average molecular weight is 232 g/mol. The maximum Gasteiger partial charge on any atom is 0.131 e. The molecule has 1 heterocycles. The highest BCUT2D eigenvalue weighted by Gasteiger charge is 2.28. The van der Waals surface area contributed by atoms with Crippen molar-refractivity contribution in [1.82, 2.24) is 9.78 Å². The van der Waals surface area contributed by atoms with Gasteiger partial charge in [0.2, 0.25) is 0 Å². The summed E-state index contributed by atoms with van der Waals surface area (Å²) in [6, 6.07) is 9.18. The molecule has 0 amide bonds. The van der Waals surface area contributed by atoms with Crippen LogP contribution < -0.4 is 4.74 Å². The van der Waals surface area contributed by atoms with Crippen molar-refractivity contribution in [1.29, 1.82) is 0 Å². The van der Waals surface area contributed by atoms with Gasteiger partial charge in [-0.05, 0) is 30.7 Å². The second kappa shape index (κ2) is 4.22. The summed E-state index contributed by atoms with van der Waals surface area (Å²) in [5.74, 6) is 0.721. The van der Waals surface area contributed by atoms with Crippen LogP contribution in [-0.2, 0) is 12.6 Å². The first-order valence-corrected chi connectivity index (χ1v) is 5.41. The molecule has 0 saturated heterocycles. The number of methoxy groups -OCH3 is 1. The van der Waals surface area contributed by atoms with Gasteiger partial charge in [-0.3, -0.25) is 4.68 Å². The second-order valence-electron chi connectivity index (χ2n) is 4.18. The molecule has 0 aliphatic rings. The third-order valence-corrected chi connectivity index (χ3v) is 2.84. The van der Waals surface area contributed by atoms with E-state index in [2.05, 4.69) is 5.10 Å². The van der Waals surface area contributed by atoms with E-state index in [4.69, 9.17) is 4.74 Å². The molecular weight excluding hydrogens is 216 g/mol. The molecule has 4 heteroatoms. The highest BCUT2D eigenvalue weighted by atomic mass is 16.5. The minimum absolute atomic E-state index is 0.619. The lowest BCUT2D eigenvalue weighted by atomic mass is 9.92. The molecule has 1 atom stereocenters. The van der Waals surface area contributed by atoms with E-state index in [0.29, 0.717) is 5.69 Å². The van der Waals surface area contributed by atoms with E-state index in [1.54, 1.807) is 24.8 Å². The minimum Gasteiger partial charge on any atom is -0.497 e. The Morgan fingerprint density at radius 1 is 1.35 bits per heavy atom. The van der Waals surface area contributed by atoms with Crippen LogP contribution >= 0.6 is 0 Å². The van der Waals surface area contributed by atoms with Gasteiger partial charge in [0.25, 0.3) is 0 Å². The van der Waals surface area contributed by atoms with Crippen LogP contribution in [0.25, 0.3) is 0 Å². The van der Waals surface area contributed by atoms with Gasteiger partial charge in [-0.1, -0.05) is 12.1 Å². The molecule has 0 saturated carbocycles. The van der Waals surface area contributed by atoms with Crippen LogP contribution in [0.3, 0.4) is 0 Å². The van der Waals surface area contributed by atoms with Crippen LogP contribution in [0.2, 0.25) is 0 Å². The fourth-order valence-electron chi connectivity index (χ4n) is 1.75. The van der Waals surface area contributed by atoms with Crippen molar-refractivity contribution in [3.8, 4) is 5.75 Å². The number of rotatable bonds is 3. The molecule has 0 bridgehead atoms. The summed E-state index contributed by atoms with van der Waals surface area (Å²) in [6.07, 6.45) is 1.81. The quantitative estimate of drug-likeness (QED) is 0.876. The Bertz CT molecular complexity index is 518. The topological polar surface area (TPSA) is 47.3 Å². The van der Waals surface area contributed by atoms with Gasteiger partial charge in [-0.15, -0.1) is 0 Å². The molecular formula is C13H16N2O2. The number of benzene rings is 1. The van der Waals surface area contributed by atoms with Gasteiger partial charge in [-0.2, -0.15) is 5.10 Å². The van der Waals surface area contributed by atoms with Crippen LogP contribution in [-0.4, -0.2) is 22.0 Å². The fraction of sp³-hybridized carbons (Fsp3) is 0.308. The molecule has 1 unspecified atom stereocenters. The number of ether oxygens (including phenoxy) is 1. The Balaban J connectivity index is 2.43. The maximum absolute atomic E-state index is 10.6. The highest BCUT2D eigenvalue weighted by molar-refractivity contribution is 5.36. The lowest BCUT2D eigenvalue weighted by Crippen LogP contribution is -2.23. The third-order valence-electron chi connectivity index (χ3n) is 2.84. The van der Waals surface area contributed by atoms with Crippen molar-refractivity contribution in [2.24, 2.45) is 7.05 Å². The van der Waals surface area contributed by atoms with E-state index in [0.717, 1.165) is 11.3 Å². The molecule has 1 aromatic heterocycles. The Morgan fingerprint density at radius 3 is 2.71 bits per heavy atom. The SMILES string of the molecule is COc1cccc(C(C)(O)c2ccn(C)n2)c1. The van der Waals surface area contributed by atoms with Crippen LogP contribution in [0.15, 0.2) is 36.5 Å². The molecule has 2 rings (SSSR count). The Kier molecular flexibility index (Phi) is 2.90. The fourth-order valence-corrected chi connectivity index (χ4v) is 1.75. The first kappa shape index (κ1) is 11.7. The second-order valence-corrected chi connectivity index (χ2v) is 4.18. The molecule has 90 valence electrons. The monoisotopic (exact) mass is 232 g/mol. The van der Waals surface area contributed by atoms with Gasteiger partial charge in [0.1, 0.15) is 11.4 Å². The van der Waals surface area contributed by atoms with Gasteiger partial charge in [0.15, 0.2) is 0 Å². The summed E-state index contributed by atoms with van der Waals surface area (Å²) in [4.78, 5) is 0. The summed E-state index contributed by atoms with van der Waals surface area (Å²) in [6.45, 7) is 1.73. The molecule has 4 nitrogen and oxygen atoms in total. The van der Waals surface area contributed by atoms with E-state index in [-0.39, 0.29) is 0 Å². The largest absolute Gasteiger partial charge is 0.497 e. The standard InChI is InChI=1S/C13H16N2O2/c1-13(16,12-7-8-15(2)14-12)10-5-4-6-11(9-10)17-3/h4-9,16H,1-3H3. The van der Waals surface area contributed by atoms with E-state index in [1.165, 1.54) is 0 Å². The molecule has 17 heavy (non-hydrogen) atoms. The number of aliphatic hydroxyl groups is 1. The normalized spacial score (nSPS) is 14.4. The van der Waals surface area contributed by atoms with Crippen molar-refractivity contribution in [3.63, 3.8) is 0 Å².